The van der Waals surface area contributed by atoms with Crippen LogP contribution in [0.2, 0.25) is 0 Å². The van der Waals surface area contributed by atoms with Gasteiger partial charge in [0.25, 0.3) is 0 Å². The molecule has 0 aliphatic carbocycles. The molecule has 4 heteroatoms. The average Bonchev–Trinajstić information content (AvgIpc) is 2.59. The normalized spacial score (nSPS) is 11.7. The standard InChI is InChI=1S/C19H20O4/c1-3-13-4-8-15(9-5-13)17(18(20)21)12-14-6-10-16(11-7-14)19(22)23-2/h4-11,17H,3,12H2,1-2H3,(H,20,21). The highest BCUT2D eigenvalue weighted by molar-refractivity contribution is 5.89. The van der Waals surface area contributed by atoms with Gasteiger partial charge in [0.15, 0.2) is 0 Å². The number of ether oxygens (including phenoxy) is 1. The van der Waals surface area contributed by atoms with Gasteiger partial charge in [0.1, 0.15) is 0 Å². The number of esters is 1. The molecule has 0 aliphatic heterocycles. The molecule has 1 atom stereocenters. The Balaban J connectivity index is 2.18. The molecule has 0 radical (unpaired) electrons. The van der Waals surface area contributed by atoms with E-state index in [1.165, 1.54) is 12.7 Å². The van der Waals surface area contributed by atoms with Crippen LogP contribution in [0.3, 0.4) is 0 Å². The van der Waals surface area contributed by atoms with E-state index < -0.39 is 17.9 Å². The van der Waals surface area contributed by atoms with Gasteiger partial charge < -0.3 is 9.84 Å². The summed E-state index contributed by atoms with van der Waals surface area (Å²) in [6.07, 6.45) is 1.30. The van der Waals surface area contributed by atoms with Crippen molar-refractivity contribution >= 4 is 11.9 Å². The number of aryl methyl sites for hydroxylation is 1. The monoisotopic (exact) mass is 312 g/mol. The highest BCUT2D eigenvalue weighted by Crippen LogP contribution is 2.22. The number of carboxylic acid groups (broad SMARTS) is 1. The Labute approximate surface area is 135 Å². The maximum Gasteiger partial charge on any atom is 0.337 e. The van der Waals surface area contributed by atoms with Crippen molar-refractivity contribution in [2.75, 3.05) is 7.11 Å². The van der Waals surface area contributed by atoms with E-state index in [4.69, 9.17) is 0 Å². The summed E-state index contributed by atoms with van der Waals surface area (Å²) >= 11 is 0. The molecule has 0 amide bonds. The molecular formula is C19H20O4. The summed E-state index contributed by atoms with van der Waals surface area (Å²) in [4.78, 5) is 23.0. The molecule has 0 aromatic heterocycles. The minimum absolute atomic E-state index is 0.377. The van der Waals surface area contributed by atoms with Gasteiger partial charge in [0, 0.05) is 0 Å². The van der Waals surface area contributed by atoms with Crippen molar-refractivity contribution < 1.29 is 19.4 Å². The highest BCUT2D eigenvalue weighted by Gasteiger charge is 2.20. The van der Waals surface area contributed by atoms with E-state index in [0.29, 0.717) is 12.0 Å². The van der Waals surface area contributed by atoms with Gasteiger partial charge in [0.05, 0.1) is 18.6 Å². The van der Waals surface area contributed by atoms with Crippen molar-refractivity contribution in [3.8, 4) is 0 Å². The van der Waals surface area contributed by atoms with Crippen molar-refractivity contribution in [1.82, 2.24) is 0 Å². The number of carbonyl (C=O) groups excluding carboxylic acids is 1. The van der Waals surface area contributed by atoms with Crippen molar-refractivity contribution in [2.24, 2.45) is 0 Å². The van der Waals surface area contributed by atoms with Gasteiger partial charge in [-0.1, -0.05) is 43.3 Å². The van der Waals surface area contributed by atoms with Gasteiger partial charge in [-0.05, 0) is 41.7 Å². The first-order valence-electron chi connectivity index (χ1n) is 7.54. The van der Waals surface area contributed by atoms with Gasteiger partial charge >= 0.3 is 11.9 Å². The van der Waals surface area contributed by atoms with Gasteiger partial charge in [-0.3, -0.25) is 4.79 Å². The van der Waals surface area contributed by atoms with E-state index in [1.807, 2.05) is 24.3 Å². The van der Waals surface area contributed by atoms with Gasteiger partial charge in [-0.2, -0.15) is 0 Å². The van der Waals surface area contributed by atoms with Crippen LogP contribution in [0.1, 0.15) is 39.9 Å². The van der Waals surface area contributed by atoms with Crippen molar-refractivity contribution in [3.63, 3.8) is 0 Å². The molecule has 0 saturated carbocycles. The lowest BCUT2D eigenvalue weighted by atomic mass is 9.91. The molecule has 120 valence electrons. The van der Waals surface area contributed by atoms with Crippen molar-refractivity contribution in [3.05, 3.63) is 70.8 Å². The Kier molecular flexibility index (Phi) is 5.52. The number of hydrogen-bond acceptors (Lipinski definition) is 3. The maximum absolute atomic E-state index is 11.6. The lowest BCUT2D eigenvalue weighted by molar-refractivity contribution is -0.138. The summed E-state index contributed by atoms with van der Waals surface area (Å²) in [6, 6.07) is 14.5. The number of hydrogen-bond donors (Lipinski definition) is 1. The summed E-state index contributed by atoms with van der Waals surface area (Å²) in [7, 11) is 1.33. The predicted molar refractivity (Wildman–Crippen MR) is 87.7 cm³/mol. The first-order chi connectivity index (χ1) is 11.0. The molecule has 23 heavy (non-hydrogen) atoms. The molecule has 1 unspecified atom stereocenters. The molecular weight excluding hydrogens is 292 g/mol. The number of aliphatic carboxylic acids is 1. The van der Waals surface area contributed by atoms with E-state index >= 15 is 0 Å². The Bertz CT molecular complexity index is 672. The van der Waals surface area contributed by atoms with Gasteiger partial charge in [-0.15, -0.1) is 0 Å². The molecule has 1 N–H and O–H groups in total. The zero-order valence-corrected chi connectivity index (χ0v) is 13.3. The molecule has 0 bridgehead atoms. The number of benzene rings is 2. The summed E-state index contributed by atoms with van der Waals surface area (Å²) in [6.45, 7) is 2.06. The Morgan fingerprint density at radius 1 is 1.00 bits per heavy atom. The summed E-state index contributed by atoms with van der Waals surface area (Å²) in [5, 5.41) is 9.52. The molecule has 0 aliphatic rings. The number of methoxy groups -OCH3 is 1. The lowest BCUT2D eigenvalue weighted by Crippen LogP contribution is -2.14. The van der Waals surface area contributed by atoms with E-state index in [9.17, 15) is 14.7 Å². The molecule has 2 aromatic rings. The Morgan fingerprint density at radius 3 is 2.04 bits per heavy atom. The van der Waals surface area contributed by atoms with Crippen LogP contribution in [-0.4, -0.2) is 24.2 Å². The van der Waals surface area contributed by atoms with Crippen LogP contribution in [-0.2, 0) is 22.4 Å². The third-order valence-corrected chi connectivity index (χ3v) is 3.90. The number of carboxylic acids is 1. The predicted octanol–water partition coefficient (Wildman–Crippen LogP) is 3.45. The summed E-state index contributed by atoms with van der Waals surface area (Å²) in [5.74, 6) is -1.86. The molecule has 4 nitrogen and oxygen atoms in total. The van der Waals surface area contributed by atoms with Crippen LogP contribution in [0.25, 0.3) is 0 Å². The Morgan fingerprint density at radius 2 is 1.57 bits per heavy atom. The summed E-state index contributed by atoms with van der Waals surface area (Å²) in [5.41, 5.74) is 3.28. The fraction of sp³-hybridized carbons (Fsp3) is 0.263. The van der Waals surface area contributed by atoms with E-state index in [-0.39, 0.29) is 0 Å². The van der Waals surface area contributed by atoms with E-state index in [1.54, 1.807) is 24.3 Å². The third-order valence-electron chi connectivity index (χ3n) is 3.90. The zero-order chi connectivity index (χ0) is 16.8. The quantitative estimate of drug-likeness (QED) is 0.830. The van der Waals surface area contributed by atoms with Crippen LogP contribution in [0, 0.1) is 0 Å². The van der Waals surface area contributed by atoms with E-state index in [0.717, 1.165) is 17.5 Å². The van der Waals surface area contributed by atoms with Gasteiger partial charge in [0.2, 0.25) is 0 Å². The second-order valence-corrected chi connectivity index (χ2v) is 5.38. The molecule has 2 rings (SSSR count). The van der Waals surface area contributed by atoms with Crippen molar-refractivity contribution in [2.45, 2.75) is 25.7 Å². The third kappa shape index (κ3) is 4.19. The number of rotatable bonds is 6. The molecule has 0 spiro atoms. The van der Waals surface area contributed by atoms with Crippen LogP contribution >= 0.6 is 0 Å². The van der Waals surface area contributed by atoms with Crippen LogP contribution in [0.15, 0.2) is 48.5 Å². The molecule has 0 heterocycles. The summed E-state index contributed by atoms with van der Waals surface area (Å²) < 4.78 is 4.65. The van der Waals surface area contributed by atoms with Crippen LogP contribution in [0.4, 0.5) is 0 Å². The topological polar surface area (TPSA) is 63.6 Å². The van der Waals surface area contributed by atoms with Crippen molar-refractivity contribution in [1.29, 1.82) is 0 Å². The minimum atomic E-state index is -0.855. The Hall–Kier alpha value is -2.62. The largest absolute Gasteiger partial charge is 0.481 e. The fourth-order valence-corrected chi connectivity index (χ4v) is 2.46. The first kappa shape index (κ1) is 16.7. The second kappa shape index (κ2) is 7.58. The minimum Gasteiger partial charge on any atom is -0.481 e. The maximum atomic E-state index is 11.6. The van der Waals surface area contributed by atoms with Gasteiger partial charge in [-0.25, -0.2) is 4.79 Å². The molecule has 0 fully saturated rings. The number of carbonyl (C=O) groups is 2. The SMILES string of the molecule is CCc1ccc(C(Cc2ccc(C(=O)OC)cc2)C(=O)O)cc1. The van der Waals surface area contributed by atoms with E-state index in [2.05, 4.69) is 11.7 Å². The fourth-order valence-electron chi connectivity index (χ4n) is 2.46. The van der Waals surface area contributed by atoms with Crippen LogP contribution < -0.4 is 0 Å². The first-order valence-corrected chi connectivity index (χ1v) is 7.54. The smallest absolute Gasteiger partial charge is 0.337 e. The molecule has 0 saturated heterocycles. The second-order valence-electron chi connectivity index (χ2n) is 5.38. The average molecular weight is 312 g/mol. The highest BCUT2D eigenvalue weighted by atomic mass is 16.5. The molecule has 2 aromatic carbocycles. The zero-order valence-electron chi connectivity index (χ0n) is 13.3. The lowest BCUT2D eigenvalue weighted by Gasteiger charge is -2.14. The van der Waals surface area contributed by atoms with Crippen LogP contribution in [0.5, 0.6) is 0 Å².